The number of benzene rings is 3. The molecule has 1 aliphatic heterocycles. The summed E-state index contributed by atoms with van der Waals surface area (Å²) in [6, 6.07) is 20.5. The number of esters is 1. The van der Waals surface area contributed by atoms with Crippen LogP contribution in [0.4, 0.5) is 4.79 Å². The Balaban J connectivity index is 1.44. The number of thioether (sulfide) groups is 1. The number of amides is 2. The van der Waals surface area contributed by atoms with Crippen molar-refractivity contribution in [2.75, 3.05) is 27.4 Å². The van der Waals surface area contributed by atoms with Gasteiger partial charge in [-0.1, -0.05) is 30.3 Å². The summed E-state index contributed by atoms with van der Waals surface area (Å²) in [6.45, 7) is 0.190. The molecule has 36 heavy (non-hydrogen) atoms. The monoisotopic (exact) mass is 505 g/mol. The topological polar surface area (TPSA) is 91.4 Å². The molecule has 1 saturated heterocycles. The van der Waals surface area contributed by atoms with Crippen molar-refractivity contribution in [1.82, 2.24) is 4.90 Å². The fourth-order valence-electron chi connectivity index (χ4n) is 3.40. The molecule has 3 aromatic carbocycles. The van der Waals surface area contributed by atoms with Crippen molar-refractivity contribution in [2.24, 2.45) is 0 Å². The minimum absolute atomic E-state index is 0.0775. The van der Waals surface area contributed by atoms with Gasteiger partial charge in [-0.3, -0.25) is 14.5 Å². The van der Waals surface area contributed by atoms with Gasteiger partial charge in [0.05, 0.1) is 31.2 Å². The van der Waals surface area contributed by atoms with Crippen molar-refractivity contribution in [3.63, 3.8) is 0 Å². The van der Waals surface area contributed by atoms with Crippen LogP contribution < -0.4 is 18.9 Å². The summed E-state index contributed by atoms with van der Waals surface area (Å²) in [6.07, 6.45) is 1.54. The highest BCUT2D eigenvalue weighted by atomic mass is 32.2. The zero-order chi connectivity index (χ0) is 25.5. The van der Waals surface area contributed by atoms with Crippen LogP contribution >= 0.6 is 11.8 Å². The van der Waals surface area contributed by atoms with Crippen LogP contribution in [0.25, 0.3) is 6.08 Å². The van der Waals surface area contributed by atoms with Gasteiger partial charge in [-0.2, -0.15) is 0 Å². The van der Waals surface area contributed by atoms with E-state index in [-0.39, 0.29) is 23.8 Å². The van der Waals surface area contributed by atoms with Crippen LogP contribution in [0.5, 0.6) is 23.0 Å². The maximum atomic E-state index is 12.9. The highest BCUT2D eigenvalue weighted by Crippen LogP contribution is 2.34. The third-order valence-electron chi connectivity index (χ3n) is 5.25. The average Bonchev–Trinajstić information content (AvgIpc) is 3.17. The summed E-state index contributed by atoms with van der Waals surface area (Å²) in [5.41, 5.74) is 0.844. The first kappa shape index (κ1) is 24.9. The lowest BCUT2D eigenvalue weighted by molar-refractivity contribution is -0.123. The molecule has 3 aromatic rings. The molecule has 184 valence electrons. The zero-order valence-corrected chi connectivity index (χ0v) is 20.4. The number of methoxy groups -OCH3 is 2. The summed E-state index contributed by atoms with van der Waals surface area (Å²) >= 11 is 0.823. The molecule has 4 rings (SSSR count). The van der Waals surface area contributed by atoms with Gasteiger partial charge in [-0.15, -0.1) is 0 Å². The Labute approximate surface area is 212 Å². The standard InChI is InChI=1S/C27H23NO7S/c1-32-20-13-11-18(12-14-20)26(30)35-21-8-4-3-7-19(21)17-24-25(29)28(27(31)36-24)15-16-34-23-10-6-5-9-22(23)33-2/h3-14,17H,15-16H2,1-2H3/b24-17-. The van der Waals surface area contributed by atoms with Crippen LogP contribution in [-0.4, -0.2) is 49.4 Å². The van der Waals surface area contributed by atoms with Gasteiger partial charge in [0.1, 0.15) is 18.1 Å². The van der Waals surface area contributed by atoms with E-state index >= 15 is 0 Å². The van der Waals surface area contributed by atoms with Gasteiger partial charge < -0.3 is 18.9 Å². The summed E-state index contributed by atoms with van der Waals surface area (Å²) in [7, 11) is 3.08. The van der Waals surface area contributed by atoms with E-state index in [1.807, 2.05) is 6.07 Å². The van der Waals surface area contributed by atoms with Gasteiger partial charge >= 0.3 is 5.97 Å². The predicted octanol–water partition coefficient (Wildman–Crippen LogP) is 5.04. The van der Waals surface area contributed by atoms with Crippen molar-refractivity contribution in [3.05, 3.63) is 88.8 Å². The molecule has 0 atom stereocenters. The summed E-state index contributed by atoms with van der Waals surface area (Å²) in [4.78, 5) is 39.4. The van der Waals surface area contributed by atoms with Crippen molar-refractivity contribution in [1.29, 1.82) is 0 Å². The van der Waals surface area contributed by atoms with Gasteiger partial charge in [0.25, 0.3) is 11.1 Å². The number of imide groups is 1. The fraction of sp³-hybridized carbons (Fsp3) is 0.148. The molecule has 0 bridgehead atoms. The predicted molar refractivity (Wildman–Crippen MR) is 136 cm³/mol. The molecule has 0 aromatic heterocycles. The van der Waals surface area contributed by atoms with Gasteiger partial charge in [0, 0.05) is 5.56 Å². The quantitative estimate of drug-likeness (QED) is 0.227. The molecule has 9 heteroatoms. The molecule has 0 aliphatic carbocycles. The zero-order valence-electron chi connectivity index (χ0n) is 19.6. The highest BCUT2D eigenvalue weighted by molar-refractivity contribution is 8.18. The van der Waals surface area contributed by atoms with Gasteiger partial charge in [0.15, 0.2) is 11.5 Å². The van der Waals surface area contributed by atoms with Gasteiger partial charge in [-0.25, -0.2) is 4.79 Å². The second-order valence-electron chi connectivity index (χ2n) is 7.49. The first-order chi connectivity index (χ1) is 17.5. The number of rotatable bonds is 9. The van der Waals surface area contributed by atoms with E-state index < -0.39 is 17.1 Å². The third-order valence-corrected chi connectivity index (χ3v) is 6.16. The lowest BCUT2D eigenvalue weighted by Crippen LogP contribution is -2.32. The second-order valence-corrected chi connectivity index (χ2v) is 8.48. The number of nitrogens with zero attached hydrogens (tertiary/aromatic N) is 1. The van der Waals surface area contributed by atoms with E-state index in [2.05, 4.69) is 0 Å². The van der Waals surface area contributed by atoms with Crippen molar-refractivity contribution in [2.45, 2.75) is 0 Å². The largest absolute Gasteiger partial charge is 0.497 e. The number of para-hydroxylation sites is 3. The minimum Gasteiger partial charge on any atom is -0.497 e. The molecule has 1 aliphatic rings. The molecular formula is C27H23NO7S. The Hall–Kier alpha value is -4.24. The van der Waals surface area contributed by atoms with Crippen molar-refractivity contribution < 1.29 is 33.3 Å². The molecular weight excluding hydrogens is 482 g/mol. The van der Waals surface area contributed by atoms with Gasteiger partial charge in [-0.05, 0) is 60.3 Å². The summed E-state index contributed by atoms with van der Waals surface area (Å²) in [5.74, 6) is 0.980. The van der Waals surface area contributed by atoms with E-state index in [9.17, 15) is 14.4 Å². The van der Waals surface area contributed by atoms with E-state index in [4.69, 9.17) is 18.9 Å². The summed E-state index contributed by atoms with van der Waals surface area (Å²) in [5, 5.41) is -0.400. The smallest absolute Gasteiger partial charge is 0.343 e. The van der Waals surface area contributed by atoms with Crippen LogP contribution in [0.3, 0.4) is 0 Å². The van der Waals surface area contributed by atoms with E-state index in [1.54, 1.807) is 79.9 Å². The van der Waals surface area contributed by atoms with E-state index in [0.717, 1.165) is 16.7 Å². The highest BCUT2D eigenvalue weighted by Gasteiger charge is 2.35. The first-order valence-electron chi connectivity index (χ1n) is 11.0. The Kier molecular flexibility index (Phi) is 7.92. The Morgan fingerprint density at radius 1 is 0.861 bits per heavy atom. The van der Waals surface area contributed by atoms with Crippen LogP contribution in [-0.2, 0) is 4.79 Å². The number of hydrogen-bond acceptors (Lipinski definition) is 8. The van der Waals surface area contributed by atoms with Crippen molar-refractivity contribution in [3.8, 4) is 23.0 Å². The average molecular weight is 506 g/mol. The Morgan fingerprint density at radius 3 is 2.22 bits per heavy atom. The summed E-state index contributed by atoms with van der Waals surface area (Å²) < 4.78 is 21.6. The molecule has 0 spiro atoms. The SMILES string of the molecule is COc1ccc(C(=O)Oc2ccccc2/C=C2\SC(=O)N(CCOc3ccccc3OC)C2=O)cc1. The second kappa shape index (κ2) is 11.5. The molecule has 8 nitrogen and oxygen atoms in total. The normalized spacial score (nSPS) is 14.2. The number of ether oxygens (including phenoxy) is 4. The molecule has 1 fully saturated rings. The lowest BCUT2D eigenvalue weighted by atomic mass is 10.1. The molecule has 1 heterocycles. The Bertz CT molecular complexity index is 1300. The lowest BCUT2D eigenvalue weighted by Gasteiger charge is -2.14. The molecule has 0 N–H and O–H groups in total. The van der Waals surface area contributed by atoms with E-state index in [1.165, 1.54) is 7.11 Å². The van der Waals surface area contributed by atoms with Crippen LogP contribution in [0.2, 0.25) is 0 Å². The van der Waals surface area contributed by atoms with E-state index in [0.29, 0.717) is 28.4 Å². The molecule has 0 saturated carbocycles. The molecule has 0 radical (unpaired) electrons. The number of carbonyl (C=O) groups excluding carboxylic acids is 3. The maximum Gasteiger partial charge on any atom is 0.343 e. The van der Waals surface area contributed by atoms with Crippen LogP contribution in [0.1, 0.15) is 15.9 Å². The molecule has 0 unspecified atom stereocenters. The van der Waals surface area contributed by atoms with Crippen LogP contribution in [0.15, 0.2) is 77.7 Å². The maximum absolute atomic E-state index is 12.9. The van der Waals surface area contributed by atoms with Crippen LogP contribution in [0, 0.1) is 0 Å². The number of hydrogen-bond donors (Lipinski definition) is 0. The first-order valence-corrected chi connectivity index (χ1v) is 11.8. The van der Waals surface area contributed by atoms with Gasteiger partial charge in [0.2, 0.25) is 0 Å². The number of carbonyl (C=O) groups is 3. The van der Waals surface area contributed by atoms with Crippen molar-refractivity contribution >= 4 is 35.0 Å². The Morgan fingerprint density at radius 2 is 1.53 bits per heavy atom. The third kappa shape index (κ3) is 5.69. The fourth-order valence-corrected chi connectivity index (χ4v) is 4.25. The minimum atomic E-state index is -0.555. The molecule has 2 amide bonds.